The minimum atomic E-state index is -0.586. The first-order chi connectivity index (χ1) is 12.4. The average Bonchev–Trinajstić information content (AvgIpc) is 2.87. The van der Waals surface area contributed by atoms with E-state index in [0.29, 0.717) is 17.2 Å². The van der Waals surface area contributed by atoms with Gasteiger partial charge in [-0.25, -0.2) is 4.90 Å². The Labute approximate surface area is 152 Å². The van der Waals surface area contributed by atoms with Crippen molar-refractivity contribution in [3.05, 3.63) is 47.5 Å². The van der Waals surface area contributed by atoms with Gasteiger partial charge in [-0.05, 0) is 49.2 Å². The molecule has 6 heteroatoms. The number of benzene rings is 2. The van der Waals surface area contributed by atoms with Crippen molar-refractivity contribution in [2.75, 3.05) is 24.4 Å². The van der Waals surface area contributed by atoms with Gasteiger partial charge in [-0.1, -0.05) is 6.07 Å². The van der Waals surface area contributed by atoms with Crippen LogP contribution in [0.25, 0.3) is 0 Å². The highest BCUT2D eigenvalue weighted by molar-refractivity contribution is 6.23. The number of amides is 2. The van der Waals surface area contributed by atoms with E-state index in [9.17, 15) is 9.59 Å². The van der Waals surface area contributed by atoms with Crippen LogP contribution in [0.2, 0.25) is 0 Å². The predicted octanol–water partition coefficient (Wildman–Crippen LogP) is 3.06. The lowest BCUT2D eigenvalue weighted by atomic mass is 10.1. The fraction of sp³-hybridized carbons (Fsp3) is 0.300. The van der Waals surface area contributed by atoms with E-state index in [4.69, 9.17) is 9.47 Å². The zero-order valence-corrected chi connectivity index (χ0v) is 15.3. The van der Waals surface area contributed by atoms with E-state index in [1.54, 1.807) is 18.2 Å². The molecule has 2 amide bonds. The van der Waals surface area contributed by atoms with Gasteiger partial charge in [-0.15, -0.1) is 0 Å². The second-order valence-corrected chi connectivity index (χ2v) is 6.38. The van der Waals surface area contributed by atoms with Gasteiger partial charge in [0.05, 0.1) is 26.3 Å². The van der Waals surface area contributed by atoms with Gasteiger partial charge in [0.1, 0.15) is 6.04 Å². The van der Waals surface area contributed by atoms with Gasteiger partial charge in [0.25, 0.3) is 5.91 Å². The summed E-state index contributed by atoms with van der Waals surface area (Å²) in [4.78, 5) is 26.5. The van der Waals surface area contributed by atoms with Gasteiger partial charge in [0, 0.05) is 11.8 Å². The van der Waals surface area contributed by atoms with Crippen LogP contribution in [0.15, 0.2) is 36.4 Å². The van der Waals surface area contributed by atoms with E-state index in [1.807, 2.05) is 26.0 Å². The number of imide groups is 1. The second-order valence-electron chi connectivity index (χ2n) is 6.38. The molecule has 1 atom stereocenters. The van der Waals surface area contributed by atoms with Crippen molar-refractivity contribution < 1.29 is 19.1 Å². The molecule has 0 aliphatic carbocycles. The highest BCUT2D eigenvalue weighted by atomic mass is 16.5. The van der Waals surface area contributed by atoms with Crippen molar-refractivity contribution in [2.45, 2.75) is 26.3 Å². The molecule has 1 aliphatic rings. The van der Waals surface area contributed by atoms with E-state index in [0.717, 1.165) is 16.8 Å². The number of carbonyl (C=O) groups excluding carboxylic acids is 2. The van der Waals surface area contributed by atoms with E-state index < -0.39 is 6.04 Å². The summed E-state index contributed by atoms with van der Waals surface area (Å²) in [5, 5.41) is 3.19. The maximum Gasteiger partial charge on any atom is 0.256 e. The first-order valence-electron chi connectivity index (χ1n) is 8.36. The smallest absolute Gasteiger partial charge is 0.256 e. The van der Waals surface area contributed by atoms with Gasteiger partial charge in [0.15, 0.2) is 11.5 Å². The number of anilines is 2. The Morgan fingerprint density at radius 3 is 2.23 bits per heavy atom. The van der Waals surface area contributed by atoms with E-state index >= 15 is 0 Å². The summed E-state index contributed by atoms with van der Waals surface area (Å²) in [7, 11) is 3.05. The van der Waals surface area contributed by atoms with E-state index in [1.165, 1.54) is 19.1 Å². The van der Waals surface area contributed by atoms with Crippen LogP contribution in [0, 0.1) is 13.8 Å². The molecule has 3 rings (SSSR count). The number of hydrogen-bond donors (Lipinski definition) is 1. The van der Waals surface area contributed by atoms with Crippen molar-refractivity contribution in [3.63, 3.8) is 0 Å². The summed E-state index contributed by atoms with van der Waals surface area (Å²) in [6, 6.07) is 10.4. The summed E-state index contributed by atoms with van der Waals surface area (Å²) in [5.74, 6) is 0.488. The third-order valence-electron chi connectivity index (χ3n) is 4.33. The topological polar surface area (TPSA) is 67.9 Å². The van der Waals surface area contributed by atoms with Crippen LogP contribution < -0.4 is 19.7 Å². The molecular formula is C20H22N2O4. The Kier molecular flexibility index (Phi) is 4.84. The molecule has 6 nitrogen and oxygen atoms in total. The lowest BCUT2D eigenvalue weighted by Gasteiger charge is -2.18. The van der Waals surface area contributed by atoms with E-state index in [2.05, 4.69) is 11.4 Å². The summed E-state index contributed by atoms with van der Waals surface area (Å²) < 4.78 is 10.5. The number of nitrogens with zero attached hydrogens (tertiary/aromatic N) is 1. The molecule has 0 spiro atoms. The third kappa shape index (κ3) is 3.35. The zero-order chi connectivity index (χ0) is 18.8. The van der Waals surface area contributed by atoms with Crippen molar-refractivity contribution >= 4 is 23.2 Å². The van der Waals surface area contributed by atoms with Crippen LogP contribution in [0.5, 0.6) is 11.5 Å². The number of nitrogens with one attached hydrogen (secondary N) is 1. The predicted molar refractivity (Wildman–Crippen MR) is 100.0 cm³/mol. The molecule has 2 aromatic rings. The number of aryl methyl sites for hydroxylation is 2. The Balaban J connectivity index is 1.85. The van der Waals surface area contributed by atoms with Crippen LogP contribution in [-0.4, -0.2) is 32.1 Å². The molecule has 0 aromatic heterocycles. The number of hydrogen-bond acceptors (Lipinski definition) is 5. The van der Waals surface area contributed by atoms with E-state index in [-0.39, 0.29) is 18.2 Å². The first kappa shape index (κ1) is 17.8. The molecule has 2 aromatic carbocycles. The Morgan fingerprint density at radius 2 is 1.62 bits per heavy atom. The lowest BCUT2D eigenvalue weighted by molar-refractivity contribution is -0.121. The molecule has 136 valence electrons. The second kappa shape index (κ2) is 7.07. The molecule has 0 radical (unpaired) electrons. The molecule has 0 bridgehead atoms. The van der Waals surface area contributed by atoms with Crippen molar-refractivity contribution in [1.82, 2.24) is 0 Å². The SMILES string of the molecule is COc1ccc(N2C(=O)C[C@@H](Nc3cc(C)cc(C)c3)C2=O)cc1OC. The Bertz CT molecular complexity index is 843. The van der Waals surface area contributed by atoms with Gasteiger partial charge in [0.2, 0.25) is 5.91 Å². The first-order valence-corrected chi connectivity index (χ1v) is 8.36. The summed E-state index contributed by atoms with van der Waals surface area (Å²) in [6.45, 7) is 3.99. The van der Waals surface area contributed by atoms with Crippen molar-refractivity contribution in [2.24, 2.45) is 0 Å². The van der Waals surface area contributed by atoms with Crippen molar-refractivity contribution in [1.29, 1.82) is 0 Å². The fourth-order valence-electron chi connectivity index (χ4n) is 3.24. The molecule has 0 saturated carbocycles. The minimum Gasteiger partial charge on any atom is -0.493 e. The number of ether oxygens (including phenoxy) is 2. The minimum absolute atomic E-state index is 0.111. The third-order valence-corrected chi connectivity index (χ3v) is 4.33. The standard InChI is InChI=1S/C20H22N2O4/c1-12-7-13(2)9-14(8-12)21-16-11-19(23)22(20(16)24)15-5-6-17(25-3)18(10-15)26-4/h5-10,16,21H,11H2,1-4H3/t16-/m1/s1. The van der Waals surface area contributed by atoms with Gasteiger partial charge >= 0.3 is 0 Å². The molecule has 1 fully saturated rings. The molecule has 1 aliphatic heterocycles. The van der Waals surface area contributed by atoms with Gasteiger partial charge < -0.3 is 14.8 Å². The maximum atomic E-state index is 12.8. The average molecular weight is 354 g/mol. The largest absolute Gasteiger partial charge is 0.493 e. The van der Waals surface area contributed by atoms with Crippen molar-refractivity contribution in [3.8, 4) is 11.5 Å². The molecule has 1 heterocycles. The molecule has 0 unspecified atom stereocenters. The summed E-state index contributed by atoms with van der Waals surface area (Å²) in [6.07, 6.45) is 0.111. The summed E-state index contributed by atoms with van der Waals surface area (Å²) in [5.41, 5.74) is 3.51. The number of carbonyl (C=O) groups is 2. The molecule has 1 saturated heterocycles. The fourth-order valence-corrected chi connectivity index (χ4v) is 3.24. The molecule has 26 heavy (non-hydrogen) atoms. The van der Waals surface area contributed by atoms with Crippen LogP contribution in [0.4, 0.5) is 11.4 Å². The normalized spacial score (nSPS) is 16.8. The van der Waals surface area contributed by atoms with Gasteiger partial charge in [-0.3, -0.25) is 9.59 Å². The Morgan fingerprint density at radius 1 is 0.962 bits per heavy atom. The lowest BCUT2D eigenvalue weighted by Crippen LogP contribution is -2.34. The quantitative estimate of drug-likeness (QED) is 0.836. The molecule has 1 N–H and O–H groups in total. The van der Waals surface area contributed by atoms with Crippen LogP contribution in [0.3, 0.4) is 0 Å². The Hall–Kier alpha value is -3.02. The monoisotopic (exact) mass is 354 g/mol. The summed E-state index contributed by atoms with van der Waals surface area (Å²) >= 11 is 0. The van der Waals surface area contributed by atoms with Crippen LogP contribution in [-0.2, 0) is 9.59 Å². The van der Waals surface area contributed by atoms with Crippen LogP contribution >= 0.6 is 0 Å². The zero-order valence-electron chi connectivity index (χ0n) is 15.3. The maximum absolute atomic E-state index is 12.8. The van der Waals surface area contributed by atoms with Crippen LogP contribution in [0.1, 0.15) is 17.5 Å². The highest BCUT2D eigenvalue weighted by Gasteiger charge is 2.39. The van der Waals surface area contributed by atoms with Gasteiger partial charge in [-0.2, -0.15) is 0 Å². The number of methoxy groups -OCH3 is 2. The highest BCUT2D eigenvalue weighted by Crippen LogP contribution is 2.34. The number of rotatable bonds is 5. The molecular weight excluding hydrogens is 332 g/mol.